The van der Waals surface area contributed by atoms with E-state index in [1.165, 1.54) is 0 Å². The zero-order chi connectivity index (χ0) is 11.0. The van der Waals surface area contributed by atoms with Crippen LogP contribution in [0.3, 0.4) is 0 Å². The molecule has 15 heavy (non-hydrogen) atoms. The zero-order valence-electron chi connectivity index (χ0n) is 8.73. The molecule has 0 fully saturated rings. The highest BCUT2D eigenvalue weighted by molar-refractivity contribution is 6.58. The summed E-state index contributed by atoms with van der Waals surface area (Å²) in [4.78, 5) is 4.95. The molecule has 2 rings (SSSR count). The molecule has 0 atom stereocenters. The molecule has 0 aliphatic carbocycles. The quantitative estimate of drug-likeness (QED) is 0.599. The number of nitrogens with one attached hydrogen (secondary N) is 1. The Morgan fingerprint density at radius 3 is 2.60 bits per heavy atom. The first kappa shape index (κ1) is 10.1. The minimum atomic E-state index is -1.45. The van der Waals surface area contributed by atoms with Crippen molar-refractivity contribution in [3.05, 3.63) is 24.3 Å². The van der Waals surface area contributed by atoms with E-state index in [2.05, 4.69) is 4.98 Å². The summed E-state index contributed by atoms with van der Waals surface area (Å²) in [5, 5.41) is 19.1. The number of fused-ring (bicyclic) bond motifs is 1. The number of rotatable bonds is 2. The van der Waals surface area contributed by atoms with E-state index in [0.717, 1.165) is 16.6 Å². The van der Waals surface area contributed by atoms with Crippen LogP contribution in [0.25, 0.3) is 10.9 Å². The number of hydrogen-bond acceptors (Lipinski definition) is 3. The maximum Gasteiger partial charge on any atom is 0.505 e. The van der Waals surface area contributed by atoms with Gasteiger partial charge in [0.2, 0.25) is 0 Å². The van der Waals surface area contributed by atoms with Crippen molar-refractivity contribution >= 4 is 29.3 Å². The predicted molar refractivity (Wildman–Crippen MR) is 62.5 cm³/mol. The van der Waals surface area contributed by atoms with Crippen molar-refractivity contribution in [3.8, 4) is 0 Å². The summed E-state index contributed by atoms with van der Waals surface area (Å²) in [5.74, 6) is 0. The van der Waals surface area contributed by atoms with Gasteiger partial charge in [-0.3, -0.25) is 0 Å². The van der Waals surface area contributed by atoms with Gasteiger partial charge in [-0.25, -0.2) is 0 Å². The maximum absolute atomic E-state index is 9.06. The zero-order valence-corrected chi connectivity index (χ0v) is 8.73. The maximum atomic E-state index is 9.06. The van der Waals surface area contributed by atoms with Gasteiger partial charge < -0.3 is 19.9 Å². The lowest BCUT2D eigenvalue weighted by Crippen LogP contribution is -2.30. The van der Waals surface area contributed by atoms with Crippen LogP contribution in [0.1, 0.15) is 0 Å². The molecule has 1 heterocycles. The average molecular weight is 204 g/mol. The fraction of sp³-hybridized carbons (Fsp3) is 0.200. The highest BCUT2D eigenvalue weighted by Crippen LogP contribution is 2.23. The minimum absolute atomic E-state index is 0.416. The molecule has 0 unspecified atom stereocenters. The van der Waals surface area contributed by atoms with Crippen LogP contribution in [0.5, 0.6) is 0 Å². The molecular formula is C10H13BN2O2. The van der Waals surface area contributed by atoms with Crippen molar-refractivity contribution in [1.82, 2.24) is 4.98 Å². The summed E-state index contributed by atoms with van der Waals surface area (Å²) in [6.45, 7) is 0. The number of benzene rings is 1. The molecule has 0 saturated heterocycles. The van der Waals surface area contributed by atoms with Crippen molar-refractivity contribution in [3.63, 3.8) is 0 Å². The van der Waals surface area contributed by atoms with Crippen LogP contribution >= 0.6 is 0 Å². The molecule has 0 aliphatic heterocycles. The third-order valence-corrected chi connectivity index (χ3v) is 2.42. The Balaban J connectivity index is 2.64. The second-order valence-corrected chi connectivity index (χ2v) is 3.73. The summed E-state index contributed by atoms with van der Waals surface area (Å²) >= 11 is 0. The molecule has 2 aromatic rings. The first-order valence-electron chi connectivity index (χ1n) is 4.74. The van der Waals surface area contributed by atoms with E-state index in [1.54, 1.807) is 6.07 Å². The number of H-pyrrole nitrogens is 1. The van der Waals surface area contributed by atoms with Crippen LogP contribution in [0, 0.1) is 0 Å². The lowest BCUT2D eigenvalue weighted by molar-refractivity contribution is 0.424. The molecule has 78 valence electrons. The lowest BCUT2D eigenvalue weighted by atomic mass is 9.86. The number of aromatic amines is 1. The first-order valence-corrected chi connectivity index (χ1v) is 4.74. The minimum Gasteiger partial charge on any atom is -0.422 e. The topological polar surface area (TPSA) is 59.5 Å². The predicted octanol–water partition coefficient (Wildman–Crippen LogP) is -0.0863. The van der Waals surface area contributed by atoms with E-state index >= 15 is 0 Å². The molecule has 0 aliphatic rings. The van der Waals surface area contributed by atoms with Crippen molar-refractivity contribution in [2.24, 2.45) is 0 Å². The van der Waals surface area contributed by atoms with E-state index in [-0.39, 0.29) is 0 Å². The second-order valence-electron chi connectivity index (χ2n) is 3.73. The molecular weight excluding hydrogens is 191 g/mol. The molecule has 0 bridgehead atoms. The molecule has 0 saturated carbocycles. The Labute approximate surface area is 88.3 Å². The highest BCUT2D eigenvalue weighted by Gasteiger charge is 2.15. The van der Waals surface area contributed by atoms with Crippen molar-refractivity contribution in [1.29, 1.82) is 0 Å². The van der Waals surface area contributed by atoms with Gasteiger partial charge >= 0.3 is 7.12 Å². The van der Waals surface area contributed by atoms with E-state index in [0.29, 0.717) is 5.59 Å². The molecule has 5 heteroatoms. The first-order chi connectivity index (χ1) is 7.09. The van der Waals surface area contributed by atoms with E-state index in [1.807, 2.05) is 37.2 Å². The third kappa shape index (κ3) is 1.71. The Morgan fingerprint density at radius 2 is 2.00 bits per heavy atom. The average Bonchev–Trinajstić information content (AvgIpc) is 2.60. The molecule has 3 N–H and O–H groups in total. The fourth-order valence-corrected chi connectivity index (χ4v) is 1.69. The Hall–Kier alpha value is -1.46. The number of hydrogen-bond donors (Lipinski definition) is 3. The van der Waals surface area contributed by atoms with Crippen LogP contribution in [-0.4, -0.2) is 36.2 Å². The van der Waals surface area contributed by atoms with Crippen LogP contribution in [0.4, 0.5) is 5.69 Å². The highest BCUT2D eigenvalue weighted by atomic mass is 16.4. The van der Waals surface area contributed by atoms with Crippen LogP contribution in [0.2, 0.25) is 0 Å². The second kappa shape index (κ2) is 3.60. The van der Waals surface area contributed by atoms with Gasteiger partial charge in [-0.1, -0.05) is 6.07 Å². The summed E-state index contributed by atoms with van der Waals surface area (Å²) in [7, 11) is 2.46. The van der Waals surface area contributed by atoms with Crippen molar-refractivity contribution in [2.45, 2.75) is 0 Å². The largest absolute Gasteiger partial charge is 0.505 e. The lowest BCUT2D eigenvalue weighted by Gasteiger charge is -2.13. The van der Waals surface area contributed by atoms with E-state index in [9.17, 15) is 0 Å². The summed E-state index contributed by atoms with van der Waals surface area (Å²) in [6, 6.07) is 7.59. The summed E-state index contributed by atoms with van der Waals surface area (Å²) < 4.78 is 0. The molecule has 0 amide bonds. The number of nitrogens with zero attached hydrogens (tertiary/aromatic N) is 1. The standard InChI is InChI=1S/C10H13BN2O2/c1-13(2)9-5-3-4-8-7(9)6-10(12-8)11(14)15/h3-6,12,14-15H,1-2H3. The SMILES string of the molecule is CN(C)c1cccc2[nH]c(B(O)O)cc12. The Morgan fingerprint density at radius 1 is 1.27 bits per heavy atom. The monoisotopic (exact) mass is 204 g/mol. The normalized spacial score (nSPS) is 10.7. The summed E-state index contributed by atoms with van der Waals surface area (Å²) in [6.07, 6.45) is 0. The van der Waals surface area contributed by atoms with Crippen LogP contribution in [0.15, 0.2) is 24.3 Å². The van der Waals surface area contributed by atoms with Crippen molar-refractivity contribution < 1.29 is 10.0 Å². The smallest absolute Gasteiger partial charge is 0.422 e. The molecule has 4 nitrogen and oxygen atoms in total. The Bertz CT molecular complexity index is 479. The van der Waals surface area contributed by atoms with Gasteiger partial charge in [0.1, 0.15) is 0 Å². The molecule has 1 aromatic carbocycles. The van der Waals surface area contributed by atoms with Gasteiger partial charge in [-0.2, -0.15) is 0 Å². The van der Waals surface area contributed by atoms with Gasteiger partial charge in [-0.05, 0) is 18.2 Å². The number of anilines is 1. The molecule has 0 spiro atoms. The molecule has 0 radical (unpaired) electrons. The summed E-state index contributed by atoms with van der Waals surface area (Å²) in [5.41, 5.74) is 2.37. The van der Waals surface area contributed by atoms with E-state index in [4.69, 9.17) is 10.0 Å². The molecule has 1 aromatic heterocycles. The van der Waals surface area contributed by atoms with Crippen LogP contribution in [-0.2, 0) is 0 Å². The third-order valence-electron chi connectivity index (χ3n) is 2.42. The van der Waals surface area contributed by atoms with E-state index < -0.39 is 7.12 Å². The van der Waals surface area contributed by atoms with Gasteiger partial charge in [-0.15, -0.1) is 0 Å². The van der Waals surface area contributed by atoms with Crippen LogP contribution < -0.4 is 10.5 Å². The van der Waals surface area contributed by atoms with Gasteiger partial charge in [0.25, 0.3) is 0 Å². The van der Waals surface area contributed by atoms with Crippen molar-refractivity contribution in [2.75, 3.05) is 19.0 Å². The Kier molecular flexibility index (Phi) is 2.42. The van der Waals surface area contributed by atoms with Gasteiger partial charge in [0.15, 0.2) is 0 Å². The van der Waals surface area contributed by atoms with Gasteiger partial charge in [0.05, 0.1) is 0 Å². The fourth-order valence-electron chi connectivity index (χ4n) is 1.69. The van der Waals surface area contributed by atoms with Gasteiger partial charge in [0, 0.05) is 36.3 Å². The number of aromatic nitrogens is 1.